The van der Waals surface area contributed by atoms with Gasteiger partial charge in [-0.1, -0.05) is 50.2 Å². The summed E-state index contributed by atoms with van der Waals surface area (Å²) in [4.78, 5) is 15.1. The number of hydrogen-bond acceptors (Lipinski definition) is 4. The van der Waals surface area contributed by atoms with Crippen molar-refractivity contribution in [3.05, 3.63) is 66.0 Å². The fourth-order valence-electron chi connectivity index (χ4n) is 4.24. The zero-order chi connectivity index (χ0) is 21.8. The summed E-state index contributed by atoms with van der Waals surface area (Å²) in [6.07, 6.45) is 2.72. The molecule has 1 atom stereocenters. The van der Waals surface area contributed by atoms with Crippen molar-refractivity contribution in [1.82, 2.24) is 25.0 Å². The van der Waals surface area contributed by atoms with E-state index in [1.54, 1.807) is 6.33 Å². The maximum atomic E-state index is 12.6. The number of hydrogen-bond donors (Lipinski definition) is 2. The molecule has 0 unspecified atom stereocenters. The molecule has 0 saturated carbocycles. The Morgan fingerprint density at radius 3 is 2.68 bits per heavy atom. The number of anilines is 1. The van der Waals surface area contributed by atoms with Gasteiger partial charge in [-0.25, -0.2) is 4.79 Å². The molecule has 0 spiro atoms. The average molecular weight is 419 g/mol. The Kier molecular flexibility index (Phi) is 6.32. The van der Waals surface area contributed by atoms with Gasteiger partial charge in [-0.15, -0.1) is 10.2 Å². The van der Waals surface area contributed by atoms with Crippen LogP contribution in [0.3, 0.4) is 0 Å². The van der Waals surface area contributed by atoms with E-state index < -0.39 is 0 Å². The van der Waals surface area contributed by atoms with Crippen molar-refractivity contribution < 1.29 is 4.79 Å². The first kappa shape index (κ1) is 21.1. The third-order valence-electron chi connectivity index (χ3n) is 5.96. The second kappa shape index (κ2) is 9.31. The second-order valence-electron chi connectivity index (χ2n) is 8.48. The molecule has 1 aliphatic rings. The van der Waals surface area contributed by atoms with Crippen molar-refractivity contribution in [2.75, 3.05) is 18.4 Å². The summed E-state index contributed by atoms with van der Waals surface area (Å²) in [6, 6.07) is 16.4. The van der Waals surface area contributed by atoms with Crippen LogP contribution in [-0.4, -0.2) is 44.8 Å². The van der Waals surface area contributed by atoms with E-state index in [2.05, 4.69) is 63.8 Å². The largest absolute Gasteiger partial charge is 0.336 e. The van der Waals surface area contributed by atoms with Gasteiger partial charge in [-0.05, 0) is 35.6 Å². The van der Waals surface area contributed by atoms with Gasteiger partial charge in [0.2, 0.25) is 0 Å². The molecule has 2 aromatic carbocycles. The predicted molar refractivity (Wildman–Crippen MR) is 123 cm³/mol. The first-order chi connectivity index (χ1) is 15.0. The molecule has 2 heterocycles. The van der Waals surface area contributed by atoms with Crippen LogP contribution >= 0.6 is 0 Å². The van der Waals surface area contributed by atoms with Crippen molar-refractivity contribution in [3.8, 4) is 11.4 Å². The predicted octanol–water partition coefficient (Wildman–Crippen LogP) is 3.69. The zero-order valence-corrected chi connectivity index (χ0v) is 18.4. The fourth-order valence-corrected chi connectivity index (χ4v) is 4.24. The molecule has 1 aromatic heterocycles. The summed E-state index contributed by atoms with van der Waals surface area (Å²) in [5.74, 6) is 1.19. The molecule has 2 N–H and O–H groups in total. The first-order valence-electron chi connectivity index (χ1n) is 10.8. The molecule has 162 valence electrons. The molecule has 31 heavy (non-hydrogen) atoms. The van der Waals surface area contributed by atoms with Crippen LogP contribution in [0.25, 0.3) is 11.4 Å². The van der Waals surface area contributed by atoms with Crippen LogP contribution in [0.1, 0.15) is 25.0 Å². The molecule has 2 amide bonds. The Hall–Kier alpha value is -3.19. The Morgan fingerprint density at radius 1 is 1.13 bits per heavy atom. The van der Waals surface area contributed by atoms with Crippen LogP contribution in [0.4, 0.5) is 10.5 Å². The van der Waals surface area contributed by atoms with Gasteiger partial charge in [0.05, 0.1) is 0 Å². The van der Waals surface area contributed by atoms with E-state index in [1.165, 1.54) is 11.1 Å². The van der Waals surface area contributed by atoms with E-state index >= 15 is 0 Å². The molecule has 7 heteroatoms. The van der Waals surface area contributed by atoms with Crippen LogP contribution in [0, 0.1) is 5.92 Å². The monoisotopic (exact) mass is 418 g/mol. The third-order valence-corrected chi connectivity index (χ3v) is 5.96. The molecular weight excluding hydrogens is 388 g/mol. The molecule has 0 fully saturated rings. The number of carbonyl (C=O) groups excluding carboxylic acids is 1. The average Bonchev–Trinajstić information content (AvgIpc) is 3.19. The Bertz CT molecular complexity index is 1040. The van der Waals surface area contributed by atoms with Gasteiger partial charge in [-0.2, -0.15) is 0 Å². The SMILES string of the molecule is CC(C)[C@H](CNC(=O)Nc1cccc(-c2nncn2C)c1)N1CCc2ccccc2C1. The highest BCUT2D eigenvalue weighted by molar-refractivity contribution is 5.89. The quantitative estimate of drug-likeness (QED) is 0.640. The topological polar surface area (TPSA) is 75.1 Å². The minimum absolute atomic E-state index is 0.196. The van der Waals surface area contributed by atoms with Gasteiger partial charge in [0.15, 0.2) is 5.82 Å². The number of carbonyl (C=O) groups is 1. The van der Waals surface area contributed by atoms with Gasteiger partial charge >= 0.3 is 6.03 Å². The third kappa shape index (κ3) is 4.94. The minimum atomic E-state index is -0.196. The van der Waals surface area contributed by atoms with Crippen molar-refractivity contribution >= 4 is 11.7 Å². The summed E-state index contributed by atoms with van der Waals surface area (Å²) in [6.45, 7) is 6.99. The van der Waals surface area contributed by atoms with E-state index in [9.17, 15) is 4.79 Å². The lowest BCUT2D eigenvalue weighted by atomic mass is 9.95. The van der Waals surface area contributed by atoms with Crippen LogP contribution < -0.4 is 10.6 Å². The summed E-state index contributed by atoms with van der Waals surface area (Å²) >= 11 is 0. The van der Waals surface area contributed by atoms with Gasteiger partial charge < -0.3 is 15.2 Å². The number of nitrogens with zero attached hydrogens (tertiary/aromatic N) is 4. The van der Waals surface area contributed by atoms with Gasteiger partial charge in [0.25, 0.3) is 0 Å². The Morgan fingerprint density at radius 2 is 1.94 bits per heavy atom. The van der Waals surface area contributed by atoms with E-state index in [-0.39, 0.29) is 12.1 Å². The minimum Gasteiger partial charge on any atom is -0.336 e. The highest BCUT2D eigenvalue weighted by Gasteiger charge is 2.26. The van der Waals surface area contributed by atoms with Gasteiger partial charge in [0.1, 0.15) is 6.33 Å². The number of benzene rings is 2. The number of aromatic nitrogens is 3. The fraction of sp³-hybridized carbons (Fsp3) is 0.375. The molecule has 1 aliphatic heterocycles. The molecule has 7 nitrogen and oxygen atoms in total. The van der Waals surface area contributed by atoms with Crippen molar-refractivity contribution in [2.24, 2.45) is 13.0 Å². The highest BCUT2D eigenvalue weighted by Crippen LogP contribution is 2.23. The molecule has 3 aromatic rings. The standard InChI is InChI=1S/C24H30N6O/c1-17(2)22(30-12-11-18-7-4-5-8-20(18)15-30)14-25-24(31)27-21-10-6-9-19(13-21)23-28-26-16-29(23)3/h4-10,13,16-17,22H,11-12,14-15H2,1-3H3,(H2,25,27,31)/t22-/m0/s1. The lowest BCUT2D eigenvalue weighted by Crippen LogP contribution is -2.49. The Balaban J connectivity index is 1.37. The van der Waals surface area contributed by atoms with Crippen molar-refractivity contribution in [1.29, 1.82) is 0 Å². The number of urea groups is 1. The summed E-state index contributed by atoms with van der Waals surface area (Å²) < 4.78 is 1.85. The van der Waals surface area contributed by atoms with Crippen molar-refractivity contribution in [3.63, 3.8) is 0 Å². The number of nitrogens with one attached hydrogen (secondary N) is 2. The lowest BCUT2D eigenvalue weighted by Gasteiger charge is -2.38. The van der Waals surface area contributed by atoms with Crippen molar-refractivity contribution in [2.45, 2.75) is 32.9 Å². The number of rotatable bonds is 6. The smallest absolute Gasteiger partial charge is 0.319 e. The summed E-state index contributed by atoms with van der Waals surface area (Å²) in [5.41, 5.74) is 4.47. The molecule has 0 radical (unpaired) electrons. The number of amides is 2. The first-order valence-corrected chi connectivity index (χ1v) is 10.8. The van der Waals surface area contributed by atoms with E-state index in [1.807, 2.05) is 35.9 Å². The normalized spacial score (nSPS) is 14.8. The Labute approximate surface area is 183 Å². The summed E-state index contributed by atoms with van der Waals surface area (Å²) in [7, 11) is 1.90. The van der Waals surface area contributed by atoms with Gasteiger partial charge in [0, 0.05) is 44.0 Å². The summed E-state index contributed by atoms with van der Waals surface area (Å²) in [5, 5.41) is 14.1. The van der Waals surface area contributed by atoms with Crippen LogP contribution in [0.5, 0.6) is 0 Å². The number of fused-ring (bicyclic) bond motifs is 1. The maximum absolute atomic E-state index is 12.6. The van der Waals surface area contributed by atoms with Crippen LogP contribution in [0.2, 0.25) is 0 Å². The molecular formula is C24H30N6O. The van der Waals surface area contributed by atoms with Crippen LogP contribution in [-0.2, 0) is 20.0 Å². The van der Waals surface area contributed by atoms with Crippen LogP contribution in [0.15, 0.2) is 54.9 Å². The number of aryl methyl sites for hydroxylation is 1. The van der Waals surface area contributed by atoms with E-state index in [4.69, 9.17) is 0 Å². The lowest BCUT2D eigenvalue weighted by molar-refractivity contribution is 0.138. The van der Waals surface area contributed by atoms with Gasteiger partial charge in [-0.3, -0.25) is 4.90 Å². The zero-order valence-electron chi connectivity index (χ0n) is 18.4. The second-order valence-corrected chi connectivity index (χ2v) is 8.48. The molecule has 0 aliphatic carbocycles. The molecule has 4 rings (SSSR count). The van der Waals surface area contributed by atoms with E-state index in [0.29, 0.717) is 12.5 Å². The highest BCUT2D eigenvalue weighted by atomic mass is 16.2. The molecule has 0 saturated heterocycles. The maximum Gasteiger partial charge on any atom is 0.319 e. The van der Waals surface area contributed by atoms with E-state index in [0.717, 1.165) is 36.6 Å². The molecule has 0 bridgehead atoms.